The third-order valence-corrected chi connectivity index (χ3v) is 4.48. The number of rotatable bonds is 3. The molecule has 3 rings (SSSR count). The zero-order valence-corrected chi connectivity index (χ0v) is 10.9. The van der Waals surface area contributed by atoms with E-state index in [2.05, 4.69) is 35.2 Å². The summed E-state index contributed by atoms with van der Waals surface area (Å²) in [5, 5.41) is 8.90. The van der Waals surface area contributed by atoms with Crippen LogP contribution in [0.25, 0.3) is 0 Å². The average Bonchev–Trinajstić information content (AvgIpc) is 3.16. The third kappa shape index (κ3) is 2.42. The van der Waals surface area contributed by atoms with E-state index in [4.69, 9.17) is 5.26 Å². The van der Waals surface area contributed by atoms with Crippen LogP contribution in [0.5, 0.6) is 0 Å². The molecule has 2 heteroatoms. The molecule has 1 aliphatic heterocycles. The molecule has 1 heterocycles. The van der Waals surface area contributed by atoms with Crippen molar-refractivity contribution in [1.82, 2.24) is 4.90 Å². The molecule has 0 amide bonds. The molecule has 0 atom stereocenters. The highest BCUT2D eigenvalue weighted by Gasteiger charge is 2.43. The lowest BCUT2D eigenvalue weighted by Gasteiger charge is -2.24. The molecule has 1 saturated carbocycles. The Morgan fingerprint density at radius 1 is 1.11 bits per heavy atom. The summed E-state index contributed by atoms with van der Waals surface area (Å²) in [4.78, 5) is 2.57. The van der Waals surface area contributed by atoms with Crippen molar-refractivity contribution in [2.45, 2.75) is 32.1 Å². The summed E-state index contributed by atoms with van der Waals surface area (Å²) in [5.74, 6) is 0. The van der Waals surface area contributed by atoms with Gasteiger partial charge in [-0.1, -0.05) is 24.3 Å². The van der Waals surface area contributed by atoms with E-state index in [-0.39, 0.29) is 0 Å². The van der Waals surface area contributed by atoms with E-state index in [0.717, 1.165) is 26.1 Å². The van der Waals surface area contributed by atoms with Crippen molar-refractivity contribution in [2.24, 2.45) is 5.41 Å². The summed E-state index contributed by atoms with van der Waals surface area (Å²) in [7, 11) is 0. The molecule has 1 aliphatic carbocycles. The second-order valence-electron chi connectivity index (χ2n) is 5.88. The molecule has 0 spiro atoms. The second-order valence-corrected chi connectivity index (χ2v) is 5.88. The summed E-state index contributed by atoms with van der Waals surface area (Å²) in [6.45, 7) is 3.45. The Morgan fingerprint density at radius 2 is 1.72 bits per heavy atom. The quantitative estimate of drug-likeness (QED) is 0.812. The number of hydrogen-bond donors (Lipinski definition) is 0. The molecule has 1 aromatic carbocycles. The molecular weight excluding hydrogens is 220 g/mol. The highest BCUT2D eigenvalue weighted by molar-refractivity contribution is 5.28. The van der Waals surface area contributed by atoms with Crippen molar-refractivity contribution in [3.8, 4) is 6.07 Å². The number of benzene rings is 1. The molecule has 1 aromatic rings. The van der Waals surface area contributed by atoms with Crippen LogP contribution < -0.4 is 0 Å². The van der Waals surface area contributed by atoms with Crippen LogP contribution in [-0.4, -0.2) is 24.5 Å². The summed E-state index contributed by atoms with van der Waals surface area (Å²) in [5.41, 5.74) is 3.39. The maximum atomic E-state index is 8.90. The lowest BCUT2D eigenvalue weighted by atomic mass is 10.0. The topological polar surface area (TPSA) is 27.0 Å². The first kappa shape index (κ1) is 11.7. The maximum Gasteiger partial charge on any atom is 0.0628 e. The maximum absolute atomic E-state index is 8.90. The van der Waals surface area contributed by atoms with Gasteiger partial charge in [0.1, 0.15) is 0 Å². The first-order valence-electron chi connectivity index (χ1n) is 6.97. The summed E-state index contributed by atoms with van der Waals surface area (Å²) < 4.78 is 0. The lowest BCUT2D eigenvalue weighted by Crippen LogP contribution is -2.32. The van der Waals surface area contributed by atoms with Gasteiger partial charge in [0.15, 0.2) is 0 Å². The number of nitriles is 1. The molecule has 0 unspecified atom stereocenters. The third-order valence-electron chi connectivity index (χ3n) is 4.48. The van der Waals surface area contributed by atoms with Crippen LogP contribution in [0.1, 0.15) is 30.4 Å². The Balaban J connectivity index is 1.64. The fourth-order valence-electron chi connectivity index (χ4n) is 3.08. The fourth-order valence-corrected chi connectivity index (χ4v) is 3.08. The van der Waals surface area contributed by atoms with Crippen LogP contribution in [0.2, 0.25) is 0 Å². The highest BCUT2D eigenvalue weighted by Crippen LogP contribution is 2.49. The van der Waals surface area contributed by atoms with Gasteiger partial charge < -0.3 is 4.90 Å². The van der Waals surface area contributed by atoms with E-state index in [1.54, 1.807) is 0 Å². The molecule has 18 heavy (non-hydrogen) atoms. The van der Waals surface area contributed by atoms with E-state index >= 15 is 0 Å². The van der Waals surface area contributed by atoms with Gasteiger partial charge in [0.05, 0.1) is 6.07 Å². The summed E-state index contributed by atoms with van der Waals surface area (Å²) >= 11 is 0. The van der Waals surface area contributed by atoms with Crippen molar-refractivity contribution in [3.05, 3.63) is 35.4 Å². The van der Waals surface area contributed by atoms with Crippen LogP contribution in [-0.2, 0) is 12.8 Å². The Morgan fingerprint density at radius 3 is 2.22 bits per heavy atom. The predicted molar refractivity (Wildman–Crippen MR) is 72.2 cm³/mol. The second kappa shape index (κ2) is 4.74. The SMILES string of the molecule is N#CCC1(CN2CCc3ccccc3CC2)CC1. The molecule has 2 nitrogen and oxygen atoms in total. The van der Waals surface area contributed by atoms with Gasteiger partial charge in [0, 0.05) is 26.1 Å². The van der Waals surface area contributed by atoms with Crippen molar-refractivity contribution < 1.29 is 0 Å². The van der Waals surface area contributed by atoms with E-state index in [0.29, 0.717) is 5.41 Å². The van der Waals surface area contributed by atoms with Crippen LogP contribution in [0.15, 0.2) is 24.3 Å². The summed E-state index contributed by atoms with van der Waals surface area (Å²) in [6, 6.07) is 11.2. The van der Waals surface area contributed by atoms with Gasteiger partial charge in [-0.15, -0.1) is 0 Å². The highest BCUT2D eigenvalue weighted by atomic mass is 15.1. The smallest absolute Gasteiger partial charge is 0.0628 e. The van der Waals surface area contributed by atoms with Crippen molar-refractivity contribution >= 4 is 0 Å². The van der Waals surface area contributed by atoms with E-state index in [1.807, 2.05) is 0 Å². The number of fused-ring (bicyclic) bond motifs is 1. The van der Waals surface area contributed by atoms with Gasteiger partial charge >= 0.3 is 0 Å². The zero-order chi connectivity index (χ0) is 12.4. The standard InChI is InChI=1S/C16H20N2/c17-10-9-16(7-8-16)13-18-11-5-14-3-1-2-4-15(14)6-12-18/h1-4H,5-9,11-13H2. The minimum atomic E-state index is 0.352. The van der Waals surface area contributed by atoms with Gasteiger partial charge in [-0.05, 0) is 42.2 Å². The van der Waals surface area contributed by atoms with Crippen LogP contribution in [0.3, 0.4) is 0 Å². The number of hydrogen-bond acceptors (Lipinski definition) is 2. The minimum Gasteiger partial charge on any atom is -0.302 e. The van der Waals surface area contributed by atoms with Gasteiger partial charge in [-0.25, -0.2) is 0 Å². The van der Waals surface area contributed by atoms with Crippen molar-refractivity contribution in [3.63, 3.8) is 0 Å². The van der Waals surface area contributed by atoms with Crippen LogP contribution >= 0.6 is 0 Å². The normalized spacial score (nSPS) is 21.7. The monoisotopic (exact) mass is 240 g/mol. The summed E-state index contributed by atoms with van der Waals surface area (Å²) in [6.07, 6.45) is 5.59. The Kier molecular flexibility index (Phi) is 3.09. The predicted octanol–water partition coefficient (Wildman–Crippen LogP) is 2.78. The molecule has 0 saturated heterocycles. The van der Waals surface area contributed by atoms with Gasteiger partial charge in [-0.2, -0.15) is 5.26 Å². The molecule has 2 aliphatic rings. The fraction of sp³-hybridized carbons (Fsp3) is 0.562. The Hall–Kier alpha value is -1.33. The number of nitrogens with zero attached hydrogens (tertiary/aromatic N) is 2. The molecule has 0 bridgehead atoms. The molecule has 94 valence electrons. The Labute approximate surface area is 109 Å². The first-order chi connectivity index (χ1) is 8.81. The molecule has 1 fully saturated rings. The van der Waals surface area contributed by atoms with Crippen molar-refractivity contribution in [2.75, 3.05) is 19.6 Å². The van der Waals surface area contributed by atoms with Gasteiger partial charge in [-0.3, -0.25) is 0 Å². The largest absolute Gasteiger partial charge is 0.302 e. The lowest BCUT2D eigenvalue weighted by molar-refractivity contribution is 0.230. The molecular formula is C16H20N2. The van der Waals surface area contributed by atoms with Crippen LogP contribution in [0.4, 0.5) is 0 Å². The minimum absolute atomic E-state index is 0.352. The van der Waals surface area contributed by atoms with E-state index in [9.17, 15) is 0 Å². The molecule has 0 N–H and O–H groups in total. The molecule has 0 aromatic heterocycles. The van der Waals surface area contributed by atoms with Crippen molar-refractivity contribution in [1.29, 1.82) is 5.26 Å². The zero-order valence-electron chi connectivity index (χ0n) is 10.9. The van der Waals surface area contributed by atoms with Gasteiger partial charge in [0.2, 0.25) is 0 Å². The first-order valence-corrected chi connectivity index (χ1v) is 6.97. The average molecular weight is 240 g/mol. The molecule has 0 radical (unpaired) electrons. The van der Waals surface area contributed by atoms with E-state index < -0.39 is 0 Å². The Bertz CT molecular complexity index is 441. The van der Waals surface area contributed by atoms with Crippen LogP contribution in [0, 0.1) is 16.7 Å². The van der Waals surface area contributed by atoms with E-state index in [1.165, 1.54) is 36.8 Å². The van der Waals surface area contributed by atoms with Gasteiger partial charge in [0.25, 0.3) is 0 Å².